The van der Waals surface area contributed by atoms with Crippen LogP contribution in [0, 0.1) is 46.8 Å². The van der Waals surface area contributed by atoms with Gasteiger partial charge >= 0.3 is 0 Å². The van der Waals surface area contributed by atoms with Gasteiger partial charge in [-0.1, -0.05) is 112 Å². The minimum Gasteiger partial charge on any atom is -0.0654 e. The summed E-state index contributed by atoms with van der Waals surface area (Å²) in [6, 6.07) is 0. The van der Waals surface area contributed by atoms with Gasteiger partial charge in [0.25, 0.3) is 0 Å². The molecule has 0 nitrogen and oxygen atoms in total. The highest BCUT2D eigenvalue weighted by molar-refractivity contribution is 4.94. The average molecular weight is 403 g/mol. The summed E-state index contributed by atoms with van der Waals surface area (Å²) in [5, 5.41) is 0. The van der Waals surface area contributed by atoms with Crippen molar-refractivity contribution in [3.05, 3.63) is 0 Å². The van der Waals surface area contributed by atoms with Gasteiger partial charge in [-0.2, -0.15) is 0 Å². The smallest absolute Gasteiger partial charge is 0.0326 e. The minimum absolute atomic E-state index is 0.518. The van der Waals surface area contributed by atoms with Crippen LogP contribution in [0.25, 0.3) is 0 Å². The molecule has 3 aliphatic carbocycles. The van der Waals surface area contributed by atoms with Crippen LogP contribution in [0.1, 0.15) is 137 Å². The van der Waals surface area contributed by atoms with Crippen LogP contribution in [0.4, 0.5) is 0 Å². The van der Waals surface area contributed by atoms with Crippen LogP contribution in [-0.2, 0) is 0 Å². The van der Waals surface area contributed by atoms with Crippen LogP contribution in [0.3, 0.4) is 0 Å². The Hall–Kier alpha value is 0. The van der Waals surface area contributed by atoms with Crippen molar-refractivity contribution >= 4 is 0 Å². The molecule has 0 spiro atoms. The number of unbranched alkanes of at least 4 members (excludes halogenated alkanes) is 1. The lowest BCUT2D eigenvalue weighted by atomic mass is 9.64. The van der Waals surface area contributed by atoms with E-state index in [1.165, 1.54) is 64.2 Å². The van der Waals surface area contributed by atoms with Crippen LogP contribution in [0.15, 0.2) is 0 Å². The fourth-order valence-corrected chi connectivity index (χ4v) is 8.13. The number of hydrogen-bond acceptors (Lipinski definition) is 0. The summed E-state index contributed by atoms with van der Waals surface area (Å²) in [5.74, 6) is 7.25. The Kier molecular flexibility index (Phi) is 9.01. The second-order valence-electron chi connectivity index (χ2n) is 12.4. The second-order valence-corrected chi connectivity index (χ2v) is 12.4. The van der Waals surface area contributed by atoms with Gasteiger partial charge in [-0.15, -0.1) is 0 Å². The highest BCUT2D eigenvalue weighted by Crippen LogP contribution is 2.54. The Bertz CT molecular complexity index is 457. The summed E-state index contributed by atoms with van der Waals surface area (Å²) in [6.07, 6.45) is 24.1. The number of hydrogen-bond donors (Lipinski definition) is 0. The Morgan fingerprint density at radius 2 is 1.59 bits per heavy atom. The molecule has 3 fully saturated rings. The van der Waals surface area contributed by atoms with E-state index in [0.717, 1.165) is 41.4 Å². The van der Waals surface area contributed by atoms with Crippen molar-refractivity contribution in [3.8, 4) is 0 Å². The van der Waals surface area contributed by atoms with Crippen molar-refractivity contribution in [3.63, 3.8) is 0 Å². The van der Waals surface area contributed by atoms with E-state index >= 15 is 0 Å². The van der Waals surface area contributed by atoms with Crippen molar-refractivity contribution in [1.29, 1.82) is 0 Å². The molecule has 6 atom stereocenters. The van der Waals surface area contributed by atoms with Gasteiger partial charge in [0.2, 0.25) is 0 Å². The van der Waals surface area contributed by atoms with E-state index in [0.29, 0.717) is 5.41 Å². The first-order chi connectivity index (χ1) is 14.0. The maximum atomic E-state index is 2.62. The fourth-order valence-electron chi connectivity index (χ4n) is 8.13. The standard InChI is InChI=1S/C29H54/c1-6-8-14-22(3)29(4,5)21-26(23-15-10-9-11-16-23)20-25-19-24-17-12-13-18-28(24)27(25)7-2/h22-28H,6-21H2,1-5H3. The van der Waals surface area contributed by atoms with Crippen LogP contribution in [-0.4, -0.2) is 0 Å². The third-order valence-corrected chi connectivity index (χ3v) is 10.2. The molecule has 0 aliphatic heterocycles. The zero-order valence-electron chi connectivity index (χ0n) is 20.9. The maximum Gasteiger partial charge on any atom is -0.0326 e. The molecule has 3 rings (SSSR count). The van der Waals surface area contributed by atoms with Gasteiger partial charge in [0, 0.05) is 0 Å². The monoisotopic (exact) mass is 402 g/mol. The molecule has 0 heterocycles. The van der Waals surface area contributed by atoms with Crippen molar-refractivity contribution in [2.75, 3.05) is 0 Å². The molecule has 0 heteroatoms. The molecule has 6 unspecified atom stereocenters. The number of fused-ring (bicyclic) bond motifs is 1. The predicted octanol–water partition coefficient (Wildman–Crippen LogP) is 9.67. The van der Waals surface area contributed by atoms with Crippen LogP contribution < -0.4 is 0 Å². The van der Waals surface area contributed by atoms with E-state index in [4.69, 9.17) is 0 Å². The highest BCUT2D eigenvalue weighted by Gasteiger charge is 2.44. The molecule has 0 aromatic heterocycles. The van der Waals surface area contributed by atoms with Crippen molar-refractivity contribution in [2.24, 2.45) is 46.8 Å². The number of rotatable bonds is 10. The lowest BCUT2D eigenvalue weighted by Crippen LogP contribution is -2.31. The fraction of sp³-hybridized carbons (Fsp3) is 1.00. The minimum atomic E-state index is 0.518. The molecule has 0 radical (unpaired) electrons. The van der Waals surface area contributed by atoms with Gasteiger partial charge in [-0.05, 0) is 72.5 Å². The van der Waals surface area contributed by atoms with Crippen LogP contribution >= 0.6 is 0 Å². The summed E-state index contributed by atoms with van der Waals surface area (Å²) in [5.41, 5.74) is 0.518. The van der Waals surface area contributed by atoms with E-state index in [9.17, 15) is 0 Å². The molecule has 0 aromatic rings. The zero-order valence-corrected chi connectivity index (χ0v) is 20.9. The van der Waals surface area contributed by atoms with Crippen molar-refractivity contribution < 1.29 is 0 Å². The van der Waals surface area contributed by atoms with E-state index in [-0.39, 0.29) is 0 Å². The summed E-state index contributed by atoms with van der Waals surface area (Å²) in [6.45, 7) is 12.7. The Balaban J connectivity index is 1.69. The first-order valence-electron chi connectivity index (χ1n) is 14.0. The van der Waals surface area contributed by atoms with Crippen molar-refractivity contribution in [1.82, 2.24) is 0 Å². The molecule has 0 amide bonds. The summed E-state index contributed by atoms with van der Waals surface area (Å²) < 4.78 is 0. The molecule has 29 heavy (non-hydrogen) atoms. The van der Waals surface area contributed by atoms with E-state index in [2.05, 4.69) is 34.6 Å². The molecule has 0 bridgehead atoms. The molecule has 170 valence electrons. The molecule has 0 aromatic carbocycles. The zero-order chi connectivity index (χ0) is 20.9. The van der Waals surface area contributed by atoms with Gasteiger partial charge in [-0.25, -0.2) is 0 Å². The van der Waals surface area contributed by atoms with E-state index < -0.39 is 0 Å². The van der Waals surface area contributed by atoms with Gasteiger partial charge in [0.05, 0.1) is 0 Å². The van der Waals surface area contributed by atoms with Gasteiger partial charge in [0.15, 0.2) is 0 Å². The van der Waals surface area contributed by atoms with Gasteiger partial charge in [-0.3, -0.25) is 0 Å². The lowest BCUT2D eigenvalue weighted by Gasteiger charge is -2.41. The first-order valence-corrected chi connectivity index (χ1v) is 14.0. The van der Waals surface area contributed by atoms with Crippen molar-refractivity contribution in [2.45, 2.75) is 137 Å². The molecular formula is C29H54. The van der Waals surface area contributed by atoms with E-state index in [1.54, 1.807) is 38.5 Å². The summed E-state index contributed by atoms with van der Waals surface area (Å²) >= 11 is 0. The summed E-state index contributed by atoms with van der Waals surface area (Å²) in [4.78, 5) is 0. The Morgan fingerprint density at radius 3 is 2.28 bits per heavy atom. The van der Waals surface area contributed by atoms with E-state index in [1.807, 2.05) is 0 Å². The SMILES string of the molecule is CCCCC(C)C(C)(C)CC(CC1CC2CCCCC2C1CC)C1CCCCC1. The third-order valence-electron chi connectivity index (χ3n) is 10.2. The predicted molar refractivity (Wildman–Crippen MR) is 129 cm³/mol. The molecule has 3 aliphatic rings. The highest BCUT2D eigenvalue weighted by atomic mass is 14.5. The maximum absolute atomic E-state index is 2.62. The van der Waals surface area contributed by atoms with Gasteiger partial charge < -0.3 is 0 Å². The second kappa shape index (κ2) is 11.0. The molecular weight excluding hydrogens is 348 g/mol. The lowest BCUT2D eigenvalue weighted by molar-refractivity contribution is 0.0938. The van der Waals surface area contributed by atoms with Gasteiger partial charge in [0.1, 0.15) is 0 Å². The normalized spacial score (nSPS) is 33.4. The average Bonchev–Trinajstić information content (AvgIpc) is 3.08. The Morgan fingerprint density at radius 1 is 0.897 bits per heavy atom. The largest absolute Gasteiger partial charge is 0.0654 e. The molecule has 0 N–H and O–H groups in total. The topological polar surface area (TPSA) is 0 Å². The first kappa shape index (κ1) is 23.7. The third kappa shape index (κ3) is 6.04. The summed E-state index contributed by atoms with van der Waals surface area (Å²) in [7, 11) is 0. The Labute approximate surface area is 184 Å². The molecule has 3 saturated carbocycles. The molecule has 0 saturated heterocycles. The van der Waals surface area contributed by atoms with Crippen LogP contribution in [0.2, 0.25) is 0 Å². The quantitative estimate of drug-likeness (QED) is 0.341. The van der Waals surface area contributed by atoms with Crippen LogP contribution in [0.5, 0.6) is 0 Å².